The van der Waals surface area contributed by atoms with Crippen LogP contribution in [0.1, 0.15) is 96.2 Å². The van der Waals surface area contributed by atoms with Crippen LogP contribution in [0.25, 0.3) is 0 Å². The summed E-state index contributed by atoms with van der Waals surface area (Å²) in [5, 5.41) is 4.14. The van der Waals surface area contributed by atoms with Crippen LogP contribution in [0.15, 0.2) is 53.9 Å². The minimum atomic E-state index is -0.469. The predicted octanol–water partition coefficient (Wildman–Crippen LogP) is 6.77. The fourth-order valence-corrected chi connectivity index (χ4v) is 5.29. The molecule has 0 aromatic carbocycles. The Morgan fingerprint density at radius 3 is 1.54 bits per heavy atom. The lowest BCUT2D eigenvalue weighted by molar-refractivity contribution is 0.0173. The van der Waals surface area contributed by atoms with E-state index in [1.54, 1.807) is 41.4 Å². The summed E-state index contributed by atoms with van der Waals surface area (Å²) in [7, 11) is 1.55. The fraction of sp³-hybridized carbons (Fsp3) is 0.600. The SMILES string of the molecule is CC(C)(C)OC(=O)N1CCC(CC(=O)c2ccccn2)CC1.CO/N=C(\CC1CCN(C(=O)OC(C)(C)C)CC1)c1ccccn1. The third-order valence-corrected chi connectivity index (χ3v) is 7.60. The Bertz CT molecular complexity index is 1270. The van der Waals surface area contributed by atoms with Crippen LogP contribution in [0.2, 0.25) is 0 Å². The van der Waals surface area contributed by atoms with E-state index >= 15 is 0 Å². The molecule has 0 unspecified atom stereocenters. The van der Waals surface area contributed by atoms with Gasteiger partial charge in [0.25, 0.3) is 0 Å². The molecule has 252 valence electrons. The number of hydrogen-bond donors (Lipinski definition) is 0. The maximum atomic E-state index is 12.1. The molecule has 0 N–H and O–H groups in total. The van der Waals surface area contributed by atoms with Crippen molar-refractivity contribution in [1.29, 1.82) is 0 Å². The van der Waals surface area contributed by atoms with Gasteiger partial charge in [0.2, 0.25) is 0 Å². The summed E-state index contributed by atoms with van der Waals surface area (Å²) in [6.07, 6.45) is 7.72. The number of likely N-dealkylation sites (tertiary alicyclic amines) is 2. The number of oxime groups is 1. The molecular weight excluding hydrogens is 586 g/mol. The van der Waals surface area contributed by atoms with Gasteiger partial charge < -0.3 is 24.1 Å². The first-order valence-electron chi connectivity index (χ1n) is 16.2. The Balaban J connectivity index is 0.000000251. The second-order valence-electron chi connectivity index (χ2n) is 13.8. The molecule has 0 aliphatic carbocycles. The summed E-state index contributed by atoms with van der Waals surface area (Å²) in [6.45, 7) is 14.0. The zero-order valence-electron chi connectivity index (χ0n) is 28.5. The highest BCUT2D eigenvalue weighted by atomic mass is 16.6. The molecule has 2 aliphatic rings. The van der Waals surface area contributed by atoms with Gasteiger partial charge >= 0.3 is 12.2 Å². The number of aromatic nitrogens is 2. The van der Waals surface area contributed by atoms with Crippen molar-refractivity contribution in [3.8, 4) is 0 Å². The second kappa shape index (κ2) is 17.1. The lowest BCUT2D eigenvalue weighted by Crippen LogP contribution is -2.42. The monoisotopic (exact) mass is 637 g/mol. The van der Waals surface area contributed by atoms with Crippen LogP contribution in [0, 0.1) is 11.8 Å². The van der Waals surface area contributed by atoms with Crippen LogP contribution in [0.5, 0.6) is 0 Å². The van der Waals surface area contributed by atoms with Crippen molar-refractivity contribution in [1.82, 2.24) is 19.8 Å². The smallest absolute Gasteiger partial charge is 0.410 e. The third-order valence-electron chi connectivity index (χ3n) is 7.60. The van der Waals surface area contributed by atoms with Gasteiger partial charge in [0.15, 0.2) is 5.78 Å². The molecule has 0 radical (unpaired) electrons. The van der Waals surface area contributed by atoms with E-state index in [4.69, 9.17) is 14.3 Å². The lowest BCUT2D eigenvalue weighted by atomic mass is 9.90. The summed E-state index contributed by atoms with van der Waals surface area (Å²) in [5.74, 6) is 0.851. The molecule has 2 saturated heterocycles. The second-order valence-corrected chi connectivity index (χ2v) is 13.8. The van der Waals surface area contributed by atoms with Gasteiger partial charge in [-0.25, -0.2) is 9.59 Å². The highest BCUT2D eigenvalue weighted by molar-refractivity contribution is 5.98. The number of ether oxygens (including phenoxy) is 2. The molecule has 0 atom stereocenters. The predicted molar refractivity (Wildman–Crippen MR) is 177 cm³/mol. The van der Waals surface area contributed by atoms with Gasteiger partial charge in [0.1, 0.15) is 29.7 Å². The van der Waals surface area contributed by atoms with Crippen molar-refractivity contribution in [2.24, 2.45) is 17.0 Å². The van der Waals surface area contributed by atoms with Gasteiger partial charge in [0, 0.05) is 45.0 Å². The Morgan fingerprint density at radius 2 is 1.15 bits per heavy atom. The largest absolute Gasteiger partial charge is 0.444 e. The zero-order valence-corrected chi connectivity index (χ0v) is 28.5. The van der Waals surface area contributed by atoms with Crippen molar-refractivity contribution >= 4 is 23.7 Å². The summed E-state index contributed by atoms with van der Waals surface area (Å²) in [6, 6.07) is 11.1. The maximum absolute atomic E-state index is 12.1. The van der Waals surface area contributed by atoms with E-state index in [0.29, 0.717) is 50.1 Å². The molecular formula is C35H51N5O6. The Hall–Kier alpha value is -4.02. The van der Waals surface area contributed by atoms with Crippen molar-refractivity contribution in [3.05, 3.63) is 60.2 Å². The number of hydrogen-bond acceptors (Lipinski definition) is 9. The minimum Gasteiger partial charge on any atom is -0.444 e. The van der Waals surface area contributed by atoms with Gasteiger partial charge in [-0.2, -0.15) is 0 Å². The molecule has 4 heterocycles. The number of nitrogens with zero attached hydrogens (tertiary/aromatic N) is 5. The average Bonchev–Trinajstić information content (AvgIpc) is 3.01. The number of amides is 2. The van der Waals surface area contributed by atoms with E-state index in [-0.39, 0.29) is 18.0 Å². The van der Waals surface area contributed by atoms with Crippen molar-refractivity contribution in [2.75, 3.05) is 33.3 Å². The molecule has 0 spiro atoms. The highest BCUT2D eigenvalue weighted by Crippen LogP contribution is 2.25. The number of carbonyl (C=O) groups is 3. The number of rotatable bonds is 7. The quantitative estimate of drug-likeness (QED) is 0.185. The Labute approximate surface area is 273 Å². The molecule has 46 heavy (non-hydrogen) atoms. The lowest BCUT2D eigenvalue weighted by Gasteiger charge is -2.33. The van der Waals surface area contributed by atoms with Gasteiger partial charge in [-0.05, 0) is 110 Å². The molecule has 2 amide bonds. The number of Topliss-reactive ketones (excluding diaryl/α,β-unsaturated/α-hetero) is 1. The van der Waals surface area contributed by atoms with Crippen LogP contribution >= 0.6 is 0 Å². The van der Waals surface area contributed by atoms with Crippen molar-refractivity contribution in [2.45, 2.75) is 91.3 Å². The Kier molecular flexibility index (Phi) is 13.5. The molecule has 0 saturated carbocycles. The van der Waals surface area contributed by atoms with Gasteiger partial charge in [0.05, 0.1) is 5.69 Å². The summed E-state index contributed by atoms with van der Waals surface area (Å²) >= 11 is 0. The molecule has 2 aliphatic heterocycles. The van der Waals surface area contributed by atoms with E-state index in [1.165, 1.54) is 0 Å². The van der Waals surface area contributed by atoms with E-state index in [9.17, 15) is 14.4 Å². The van der Waals surface area contributed by atoms with Gasteiger partial charge in [-0.1, -0.05) is 17.3 Å². The standard InChI is InChI=1S/C18H27N3O3.C17H24N2O3/c1-18(2,3)24-17(22)21-11-8-14(9-12-21)13-16(20-23-4)15-7-5-6-10-19-15;1-17(2,3)22-16(21)19-10-7-13(8-11-19)12-15(20)14-6-4-5-9-18-14/h5-7,10,14H,8-9,11-13H2,1-4H3;4-6,9,13H,7-8,10-12H2,1-3H3/b20-16+;. The first kappa shape index (κ1) is 36.4. The zero-order chi connectivity index (χ0) is 33.7. The van der Waals surface area contributed by atoms with Crippen molar-refractivity contribution < 1.29 is 28.7 Å². The van der Waals surface area contributed by atoms with Crippen LogP contribution in [0.3, 0.4) is 0 Å². The van der Waals surface area contributed by atoms with Gasteiger partial charge in [-0.3, -0.25) is 14.8 Å². The van der Waals surface area contributed by atoms with Crippen LogP contribution in [-0.2, 0) is 14.3 Å². The third kappa shape index (κ3) is 12.8. The van der Waals surface area contributed by atoms with E-state index in [0.717, 1.165) is 43.5 Å². The number of piperidine rings is 2. The first-order valence-corrected chi connectivity index (χ1v) is 16.2. The average molecular weight is 638 g/mol. The molecule has 2 aromatic rings. The normalized spacial score (nSPS) is 16.6. The first-order chi connectivity index (χ1) is 21.7. The van der Waals surface area contributed by atoms with Crippen LogP contribution in [0.4, 0.5) is 9.59 Å². The maximum Gasteiger partial charge on any atom is 0.410 e. The number of carbonyl (C=O) groups excluding carboxylic acids is 3. The van der Waals surface area contributed by atoms with Gasteiger partial charge in [-0.15, -0.1) is 0 Å². The van der Waals surface area contributed by atoms with E-state index in [2.05, 4.69) is 15.1 Å². The molecule has 4 rings (SSSR count). The molecule has 2 aromatic heterocycles. The molecule has 0 bridgehead atoms. The highest BCUT2D eigenvalue weighted by Gasteiger charge is 2.29. The Morgan fingerprint density at radius 1 is 0.717 bits per heavy atom. The molecule has 2 fully saturated rings. The molecule has 11 heteroatoms. The summed E-state index contributed by atoms with van der Waals surface area (Å²) < 4.78 is 10.8. The number of ketones is 1. The summed E-state index contributed by atoms with van der Waals surface area (Å²) in [4.78, 5) is 53.2. The van der Waals surface area contributed by atoms with Crippen LogP contribution < -0.4 is 0 Å². The van der Waals surface area contributed by atoms with Crippen molar-refractivity contribution in [3.63, 3.8) is 0 Å². The van der Waals surface area contributed by atoms with E-state index < -0.39 is 11.2 Å². The van der Waals surface area contributed by atoms with Crippen LogP contribution in [-0.4, -0.2) is 87.9 Å². The van der Waals surface area contributed by atoms with E-state index in [1.807, 2.05) is 65.8 Å². The fourth-order valence-electron chi connectivity index (χ4n) is 5.29. The topological polar surface area (TPSA) is 124 Å². The molecule has 11 nitrogen and oxygen atoms in total. The summed E-state index contributed by atoms with van der Waals surface area (Å²) in [5.41, 5.74) is 1.30. The number of pyridine rings is 2. The minimum absolute atomic E-state index is 0.0799.